The average Bonchev–Trinajstić information content (AvgIpc) is 3.68. The van der Waals surface area contributed by atoms with Crippen molar-refractivity contribution in [2.24, 2.45) is 5.92 Å². The average molecular weight is 498 g/mol. The smallest absolute Gasteiger partial charge is 0.245 e. The lowest BCUT2D eigenvalue weighted by Gasteiger charge is -2.36. The van der Waals surface area contributed by atoms with E-state index >= 15 is 0 Å². The number of amides is 2. The zero-order valence-corrected chi connectivity index (χ0v) is 20.5. The molecule has 0 radical (unpaired) electrons. The number of ether oxygens (including phenoxy) is 2. The lowest BCUT2D eigenvalue weighted by atomic mass is 10.1. The van der Waals surface area contributed by atoms with E-state index in [1.54, 1.807) is 22.7 Å². The lowest BCUT2D eigenvalue weighted by molar-refractivity contribution is -0.137. The topological polar surface area (TPSA) is 105 Å². The molecule has 2 amide bonds. The summed E-state index contributed by atoms with van der Waals surface area (Å²) in [5, 5.41) is 2.91. The number of fused-ring (bicyclic) bond motifs is 1. The van der Waals surface area contributed by atoms with Crippen LogP contribution in [-0.4, -0.2) is 86.9 Å². The molecule has 1 N–H and O–H groups in total. The highest BCUT2D eigenvalue weighted by molar-refractivity contribution is 7.98. The number of rotatable bonds is 8. The molecule has 1 saturated carbocycles. The van der Waals surface area contributed by atoms with Gasteiger partial charge < -0.3 is 19.7 Å². The Morgan fingerprint density at radius 1 is 1.12 bits per heavy atom. The second-order valence-electron chi connectivity index (χ2n) is 8.51. The number of hydrogen-bond acceptors (Lipinski definition) is 7. The molecular weight excluding hydrogens is 466 g/mol. The van der Waals surface area contributed by atoms with Gasteiger partial charge in [0.2, 0.25) is 21.8 Å². The fraction of sp³-hybridized carbons (Fsp3) is 0.636. The van der Waals surface area contributed by atoms with Crippen molar-refractivity contribution in [3.8, 4) is 11.5 Å². The number of nitrogens with zero attached hydrogens (tertiary/aromatic N) is 2. The molecule has 1 aromatic rings. The highest BCUT2D eigenvalue weighted by atomic mass is 32.2. The summed E-state index contributed by atoms with van der Waals surface area (Å²) in [6, 6.07) is 4.12. The Hall–Kier alpha value is -1.98. The first-order chi connectivity index (χ1) is 15.9. The van der Waals surface area contributed by atoms with Crippen molar-refractivity contribution in [1.82, 2.24) is 14.5 Å². The van der Waals surface area contributed by atoms with Crippen LogP contribution >= 0.6 is 11.8 Å². The van der Waals surface area contributed by atoms with Gasteiger partial charge in [0, 0.05) is 44.6 Å². The minimum absolute atomic E-state index is 0.0341. The van der Waals surface area contributed by atoms with Gasteiger partial charge in [0.25, 0.3) is 0 Å². The Bertz CT molecular complexity index is 974. The predicted molar refractivity (Wildman–Crippen MR) is 125 cm³/mol. The number of sulfonamides is 1. The van der Waals surface area contributed by atoms with E-state index in [9.17, 15) is 18.0 Å². The third-order valence-electron chi connectivity index (χ3n) is 6.08. The van der Waals surface area contributed by atoms with E-state index in [4.69, 9.17) is 9.47 Å². The van der Waals surface area contributed by atoms with Gasteiger partial charge >= 0.3 is 0 Å². The first-order valence-electron chi connectivity index (χ1n) is 11.4. The molecule has 4 rings (SSSR count). The highest BCUT2D eigenvalue weighted by Crippen LogP contribution is 2.33. The molecule has 3 aliphatic rings. The molecule has 1 aromatic carbocycles. The molecule has 2 aliphatic heterocycles. The summed E-state index contributed by atoms with van der Waals surface area (Å²) in [6.45, 7) is 2.00. The Kier molecular flexibility index (Phi) is 7.70. The molecule has 11 heteroatoms. The lowest BCUT2D eigenvalue weighted by Crippen LogP contribution is -2.56. The van der Waals surface area contributed by atoms with Crippen LogP contribution in [0.4, 0.5) is 0 Å². The van der Waals surface area contributed by atoms with E-state index in [1.807, 2.05) is 6.26 Å². The SMILES string of the molecule is CSCCC(NC(=O)C1CC1)C(=O)N1CCN(S(=O)(=O)c2ccc3c(c2)OCCCO3)CC1. The van der Waals surface area contributed by atoms with Crippen LogP contribution in [0.15, 0.2) is 23.1 Å². The number of carbonyl (C=O) groups excluding carboxylic acids is 2. The summed E-state index contributed by atoms with van der Waals surface area (Å²) in [4.78, 5) is 27.2. The third kappa shape index (κ3) is 5.75. The monoisotopic (exact) mass is 497 g/mol. The second kappa shape index (κ2) is 10.5. The van der Waals surface area contributed by atoms with E-state index in [1.165, 1.54) is 16.4 Å². The number of thioether (sulfide) groups is 1. The zero-order chi connectivity index (χ0) is 23.4. The fourth-order valence-electron chi connectivity index (χ4n) is 3.95. The van der Waals surface area contributed by atoms with Gasteiger partial charge in [0.1, 0.15) is 6.04 Å². The maximum Gasteiger partial charge on any atom is 0.245 e. The van der Waals surface area contributed by atoms with E-state index in [-0.39, 0.29) is 48.8 Å². The largest absolute Gasteiger partial charge is 0.490 e. The van der Waals surface area contributed by atoms with Crippen LogP contribution in [0, 0.1) is 5.92 Å². The molecule has 0 aromatic heterocycles. The van der Waals surface area contributed by atoms with Crippen LogP contribution in [0.25, 0.3) is 0 Å². The number of benzene rings is 1. The van der Waals surface area contributed by atoms with Gasteiger partial charge in [-0.25, -0.2) is 8.42 Å². The Balaban J connectivity index is 1.39. The molecule has 1 saturated heterocycles. The van der Waals surface area contributed by atoms with Crippen LogP contribution in [0.1, 0.15) is 25.7 Å². The molecule has 2 fully saturated rings. The van der Waals surface area contributed by atoms with Crippen molar-refractivity contribution in [3.63, 3.8) is 0 Å². The normalized spacial score (nSPS) is 20.1. The highest BCUT2D eigenvalue weighted by Gasteiger charge is 2.36. The number of piperazine rings is 1. The zero-order valence-electron chi connectivity index (χ0n) is 18.8. The summed E-state index contributed by atoms with van der Waals surface area (Å²) < 4.78 is 39.0. The molecule has 1 aliphatic carbocycles. The molecule has 9 nitrogen and oxygen atoms in total. The van der Waals surface area contributed by atoms with Crippen molar-refractivity contribution in [1.29, 1.82) is 0 Å². The minimum atomic E-state index is -3.73. The third-order valence-corrected chi connectivity index (χ3v) is 8.62. The first-order valence-corrected chi connectivity index (χ1v) is 14.2. The van der Waals surface area contributed by atoms with Crippen molar-refractivity contribution in [2.75, 3.05) is 51.4 Å². The standard InChI is InChI=1S/C22H31N3O6S2/c1-32-14-7-18(23-21(26)16-3-4-16)22(27)24-8-10-25(11-9-24)33(28,29)17-5-6-19-20(15-17)31-13-2-12-30-19/h5-6,15-16,18H,2-4,7-14H2,1H3,(H,23,26). The number of hydrogen-bond donors (Lipinski definition) is 1. The van der Waals surface area contributed by atoms with Crippen molar-refractivity contribution >= 4 is 33.6 Å². The summed E-state index contributed by atoms with van der Waals surface area (Å²) in [6.07, 6.45) is 5.03. The molecule has 33 heavy (non-hydrogen) atoms. The summed E-state index contributed by atoms with van der Waals surface area (Å²) >= 11 is 1.63. The maximum atomic E-state index is 13.2. The molecule has 0 bridgehead atoms. The second-order valence-corrected chi connectivity index (χ2v) is 11.4. The van der Waals surface area contributed by atoms with Crippen molar-refractivity contribution < 1.29 is 27.5 Å². The number of nitrogens with one attached hydrogen (secondary N) is 1. The van der Waals surface area contributed by atoms with Crippen LogP contribution in [-0.2, 0) is 19.6 Å². The molecular formula is C22H31N3O6S2. The van der Waals surface area contributed by atoms with E-state index < -0.39 is 16.1 Å². The Labute approximate surface area is 199 Å². The predicted octanol–water partition coefficient (Wildman–Crippen LogP) is 1.33. The van der Waals surface area contributed by atoms with Crippen LogP contribution in [0.3, 0.4) is 0 Å². The van der Waals surface area contributed by atoms with Gasteiger partial charge in [-0.2, -0.15) is 16.1 Å². The van der Waals surface area contributed by atoms with Gasteiger partial charge in [-0.15, -0.1) is 0 Å². The van der Waals surface area contributed by atoms with Crippen molar-refractivity contribution in [3.05, 3.63) is 18.2 Å². The fourth-order valence-corrected chi connectivity index (χ4v) is 5.86. The van der Waals surface area contributed by atoms with Crippen molar-refractivity contribution in [2.45, 2.75) is 36.6 Å². The molecule has 1 unspecified atom stereocenters. The summed E-state index contributed by atoms with van der Waals surface area (Å²) in [5.74, 6) is 1.60. The van der Waals surface area contributed by atoms with Crippen LogP contribution in [0.5, 0.6) is 11.5 Å². The molecule has 182 valence electrons. The van der Waals surface area contributed by atoms with Gasteiger partial charge in [-0.1, -0.05) is 0 Å². The van der Waals surface area contributed by atoms with Crippen LogP contribution in [0.2, 0.25) is 0 Å². The minimum Gasteiger partial charge on any atom is -0.490 e. The van der Waals surface area contributed by atoms with Gasteiger partial charge in [-0.05, 0) is 43.4 Å². The first kappa shape index (κ1) is 24.2. The molecule has 1 atom stereocenters. The van der Waals surface area contributed by atoms with Crippen LogP contribution < -0.4 is 14.8 Å². The maximum absolute atomic E-state index is 13.2. The summed E-state index contributed by atoms with van der Waals surface area (Å²) in [5.41, 5.74) is 0. The Morgan fingerprint density at radius 2 is 1.82 bits per heavy atom. The quantitative estimate of drug-likeness (QED) is 0.578. The van der Waals surface area contributed by atoms with Gasteiger partial charge in [0.15, 0.2) is 11.5 Å². The number of carbonyl (C=O) groups is 2. The van der Waals surface area contributed by atoms with Gasteiger partial charge in [0.05, 0.1) is 18.1 Å². The summed E-state index contributed by atoms with van der Waals surface area (Å²) in [7, 11) is -3.73. The van der Waals surface area contributed by atoms with E-state index in [0.29, 0.717) is 31.1 Å². The molecule has 2 heterocycles. The Morgan fingerprint density at radius 3 is 2.48 bits per heavy atom. The van der Waals surface area contributed by atoms with E-state index in [2.05, 4.69) is 5.32 Å². The van der Waals surface area contributed by atoms with E-state index in [0.717, 1.165) is 25.0 Å². The van der Waals surface area contributed by atoms with Gasteiger partial charge in [-0.3, -0.25) is 9.59 Å². The molecule has 0 spiro atoms.